The van der Waals surface area contributed by atoms with Gasteiger partial charge >= 0.3 is 20.8 Å². The summed E-state index contributed by atoms with van der Waals surface area (Å²) in [7, 11) is -9.33. The van der Waals surface area contributed by atoms with E-state index in [-0.39, 0.29) is 27.2 Å². The summed E-state index contributed by atoms with van der Waals surface area (Å²) in [6.45, 7) is 0. The Kier molecular flexibility index (Phi) is 15.3. The average molecular weight is 261 g/mol. The van der Waals surface area contributed by atoms with E-state index < -0.39 is 20.8 Å². The third kappa shape index (κ3) is 5380. The van der Waals surface area contributed by atoms with Crippen LogP contribution in [0.5, 0.6) is 0 Å². The number of hydrogen-bond donors (Lipinski definition) is 4. The molecule has 0 amide bonds. The maximum Gasteiger partial charge on any atom is 0.394 e. The standard InChI is InChI=1S/2H2O4S.H2O.Ti/c2*1-5(2,3)4;;/h2*(H2,1,2,3,4);1H2;/p-1. The van der Waals surface area contributed by atoms with Crippen molar-refractivity contribution in [2.75, 3.05) is 0 Å². The molecule has 0 aromatic carbocycles. The van der Waals surface area contributed by atoms with E-state index in [9.17, 15) is 0 Å². The molecule has 5 N–H and O–H groups in total. The summed E-state index contributed by atoms with van der Waals surface area (Å²) in [4.78, 5) is 0. The Morgan fingerprint density at radius 3 is 0.667 bits per heavy atom. The van der Waals surface area contributed by atoms with Crippen molar-refractivity contribution in [3.63, 3.8) is 0 Å². The smallest absolute Gasteiger partial charge is 0.394 e. The van der Waals surface area contributed by atoms with Crippen LogP contribution < -0.4 is 0 Å². The van der Waals surface area contributed by atoms with E-state index in [1.807, 2.05) is 0 Å². The van der Waals surface area contributed by atoms with E-state index in [4.69, 9.17) is 35.0 Å². The van der Waals surface area contributed by atoms with Gasteiger partial charge in [-0.1, -0.05) is 0 Å². The van der Waals surface area contributed by atoms with E-state index >= 15 is 0 Å². The molecule has 0 atom stereocenters. The molecule has 9 nitrogen and oxygen atoms in total. The topological polar surface area (TPSA) is 179 Å². The van der Waals surface area contributed by atoms with Crippen molar-refractivity contribution in [2.24, 2.45) is 0 Å². The first-order chi connectivity index (χ1) is 4.00. The number of rotatable bonds is 0. The summed E-state index contributed by atoms with van der Waals surface area (Å²) < 4.78 is 63.2. The first-order valence-electron chi connectivity index (χ1n) is 1.40. The second-order valence-electron chi connectivity index (χ2n) is 0.896. The Labute approximate surface area is 83.1 Å². The molecular weight excluding hydrogens is 256 g/mol. The zero-order valence-electron chi connectivity index (χ0n) is 5.19. The fourth-order valence-electron chi connectivity index (χ4n) is 0. The van der Waals surface area contributed by atoms with Crippen molar-refractivity contribution in [3.05, 3.63) is 0 Å². The predicted octanol–water partition coefficient (Wildman–Crippen LogP) is -1.48. The molecule has 76 valence electrons. The maximum absolute atomic E-state index is 8.74. The molecule has 0 aromatic rings. The van der Waals surface area contributed by atoms with Gasteiger partial charge in [0.25, 0.3) is 0 Å². The monoisotopic (exact) mass is 261 g/mol. The Morgan fingerprint density at radius 1 is 0.667 bits per heavy atom. The largest absolute Gasteiger partial charge is 0.870 e. The molecule has 0 radical (unpaired) electrons. The quantitative estimate of drug-likeness (QED) is 0.298. The van der Waals surface area contributed by atoms with Crippen LogP contribution in [-0.2, 0) is 42.5 Å². The Hall–Kier alpha value is 0.414. The van der Waals surface area contributed by atoms with E-state index in [2.05, 4.69) is 0 Å². The zero-order chi connectivity index (χ0) is 9.00. The number of hydrogen-bond acceptors (Lipinski definition) is 5. The van der Waals surface area contributed by atoms with Crippen molar-refractivity contribution in [1.29, 1.82) is 0 Å². The van der Waals surface area contributed by atoms with Crippen LogP contribution in [0.2, 0.25) is 0 Å². The third-order valence-electron chi connectivity index (χ3n) is 0. The summed E-state index contributed by atoms with van der Waals surface area (Å²) in [5.74, 6) is 0. The molecule has 12 heavy (non-hydrogen) atoms. The Morgan fingerprint density at radius 2 is 0.667 bits per heavy atom. The molecular formula is H5O9S2Ti-. The van der Waals surface area contributed by atoms with Gasteiger partial charge < -0.3 is 5.48 Å². The Balaban J connectivity index is -0.0000000457. The summed E-state index contributed by atoms with van der Waals surface area (Å²) in [6, 6.07) is 0. The maximum atomic E-state index is 8.74. The van der Waals surface area contributed by atoms with E-state index in [1.165, 1.54) is 0 Å². The molecule has 0 saturated carbocycles. The van der Waals surface area contributed by atoms with Gasteiger partial charge in [-0.3, -0.25) is 18.2 Å². The molecule has 0 rings (SSSR count). The third-order valence-corrected chi connectivity index (χ3v) is 0. The molecule has 0 saturated heterocycles. The fraction of sp³-hybridized carbons (Fsp3) is 0. The van der Waals surface area contributed by atoms with E-state index in [0.717, 1.165) is 0 Å². The first kappa shape index (κ1) is 22.8. The van der Waals surface area contributed by atoms with Gasteiger partial charge in [-0.25, -0.2) is 0 Å². The van der Waals surface area contributed by atoms with Gasteiger partial charge in [-0.2, -0.15) is 16.8 Å². The Bertz CT molecular complexity index is 209. The SMILES string of the molecule is O=S(=O)(O)O.O=S(=O)(O)O.[OH-].[Ti]. The van der Waals surface area contributed by atoms with Gasteiger partial charge in [0, 0.05) is 21.7 Å². The van der Waals surface area contributed by atoms with Gasteiger partial charge in [0.2, 0.25) is 0 Å². The van der Waals surface area contributed by atoms with Crippen LogP contribution in [0.1, 0.15) is 0 Å². The van der Waals surface area contributed by atoms with Crippen molar-refractivity contribution in [3.8, 4) is 0 Å². The van der Waals surface area contributed by atoms with Crippen molar-refractivity contribution < 1.29 is 62.2 Å². The summed E-state index contributed by atoms with van der Waals surface area (Å²) in [5, 5.41) is 0. The predicted molar refractivity (Wildman–Crippen MR) is 30.3 cm³/mol. The molecule has 0 aromatic heterocycles. The van der Waals surface area contributed by atoms with Crippen LogP contribution in [0.25, 0.3) is 0 Å². The van der Waals surface area contributed by atoms with Gasteiger partial charge in [0.15, 0.2) is 0 Å². The molecule has 0 aliphatic rings. The van der Waals surface area contributed by atoms with E-state index in [0.29, 0.717) is 0 Å². The van der Waals surface area contributed by atoms with Crippen LogP contribution in [-0.4, -0.2) is 40.5 Å². The van der Waals surface area contributed by atoms with Crippen molar-refractivity contribution >= 4 is 20.8 Å². The average Bonchev–Trinajstić information content (AvgIpc) is 1.12. The van der Waals surface area contributed by atoms with Crippen molar-refractivity contribution in [1.82, 2.24) is 0 Å². The minimum Gasteiger partial charge on any atom is -0.870 e. The molecule has 0 unspecified atom stereocenters. The van der Waals surface area contributed by atoms with Crippen LogP contribution in [0.4, 0.5) is 0 Å². The zero-order valence-corrected chi connectivity index (χ0v) is 8.38. The van der Waals surface area contributed by atoms with Gasteiger partial charge in [0.05, 0.1) is 0 Å². The summed E-state index contributed by atoms with van der Waals surface area (Å²) in [6.07, 6.45) is 0. The van der Waals surface area contributed by atoms with Crippen LogP contribution >= 0.6 is 0 Å². The van der Waals surface area contributed by atoms with Crippen LogP contribution in [0, 0.1) is 0 Å². The molecule has 0 aliphatic carbocycles. The van der Waals surface area contributed by atoms with Crippen LogP contribution in [0.15, 0.2) is 0 Å². The molecule has 0 spiro atoms. The first-order valence-corrected chi connectivity index (χ1v) is 4.19. The van der Waals surface area contributed by atoms with E-state index in [1.54, 1.807) is 0 Å². The summed E-state index contributed by atoms with van der Waals surface area (Å²) >= 11 is 0. The van der Waals surface area contributed by atoms with Crippen LogP contribution in [0.3, 0.4) is 0 Å². The summed E-state index contributed by atoms with van der Waals surface area (Å²) in [5.41, 5.74) is 0. The fourth-order valence-corrected chi connectivity index (χ4v) is 0. The van der Waals surface area contributed by atoms with Gasteiger partial charge in [-0.15, -0.1) is 0 Å². The normalized spacial score (nSPS) is 9.67. The molecule has 0 heterocycles. The molecule has 0 fully saturated rings. The van der Waals surface area contributed by atoms with Gasteiger partial charge in [0.1, 0.15) is 0 Å². The molecule has 12 heteroatoms. The van der Waals surface area contributed by atoms with Crippen molar-refractivity contribution in [2.45, 2.75) is 0 Å². The molecule has 0 bridgehead atoms. The second-order valence-corrected chi connectivity index (χ2v) is 2.69. The van der Waals surface area contributed by atoms with Gasteiger partial charge in [-0.05, 0) is 0 Å². The minimum atomic E-state index is -4.67. The molecule has 0 aliphatic heterocycles. The second kappa shape index (κ2) is 8.03. The minimum absolute atomic E-state index is 0.